The van der Waals surface area contributed by atoms with Gasteiger partial charge in [0.15, 0.2) is 0 Å². The highest BCUT2D eigenvalue weighted by Crippen LogP contribution is 2.36. The third-order valence-electron chi connectivity index (χ3n) is 4.16. The molecule has 0 unspecified atom stereocenters. The van der Waals surface area contributed by atoms with Gasteiger partial charge in [0.1, 0.15) is 10.6 Å². The Hall–Kier alpha value is -2.42. The number of hydrogen-bond acceptors (Lipinski definition) is 6. The lowest BCUT2D eigenvalue weighted by Gasteiger charge is -2.25. The first-order valence-corrected chi connectivity index (χ1v) is 10.1. The Labute approximate surface area is 171 Å². The first kappa shape index (κ1) is 20.3. The van der Waals surface area contributed by atoms with Crippen molar-refractivity contribution in [2.24, 2.45) is 0 Å². The fourth-order valence-corrected chi connectivity index (χ4v) is 3.99. The van der Waals surface area contributed by atoms with Crippen LogP contribution in [-0.4, -0.2) is 55.5 Å². The van der Waals surface area contributed by atoms with Gasteiger partial charge in [0.25, 0.3) is 0 Å². The van der Waals surface area contributed by atoms with E-state index < -0.39 is 5.97 Å². The molecule has 1 saturated heterocycles. The van der Waals surface area contributed by atoms with Crippen molar-refractivity contribution in [3.05, 3.63) is 40.2 Å². The fourth-order valence-electron chi connectivity index (χ4n) is 2.89. The molecule has 1 aliphatic heterocycles. The van der Waals surface area contributed by atoms with Crippen molar-refractivity contribution in [3.63, 3.8) is 0 Å². The number of amides is 2. The van der Waals surface area contributed by atoms with Crippen molar-refractivity contribution in [2.45, 2.75) is 6.92 Å². The predicted molar refractivity (Wildman–Crippen MR) is 109 cm³/mol. The standard InChI is InChI=1S/C19H20ClN3O4S/c1-2-27-19(26)17-14(12-3-5-13(20)6-4-12)11-28-18(17)22-16(25)10-23-8-7-21-15(24)9-23/h3-6,11H,2,7-10H2,1H3,(H,21,24)(H,22,25). The van der Waals surface area contributed by atoms with Crippen LogP contribution >= 0.6 is 22.9 Å². The third kappa shape index (κ3) is 4.89. The number of halogens is 1. The zero-order valence-electron chi connectivity index (χ0n) is 15.3. The Morgan fingerprint density at radius 3 is 2.75 bits per heavy atom. The molecule has 2 amide bonds. The van der Waals surface area contributed by atoms with E-state index in [0.717, 1.165) is 5.56 Å². The zero-order chi connectivity index (χ0) is 20.1. The molecule has 1 aromatic carbocycles. The van der Waals surface area contributed by atoms with Gasteiger partial charge in [-0.15, -0.1) is 11.3 Å². The Kier molecular flexibility index (Phi) is 6.66. The van der Waals surface area contributed by atoms with Gasteiger partial charge in [-0.25, -0.2) is 4.79 Å². The van der Waals surface area contributed by atoms with E-state index in [2.05, 4.69) is 10.6 Å². The number of hydrogen-bond donors (Lipinski definition) is 2. The third-order valence-corrected chi connectivity index (χ3v) is 5.31. The van der Waals surface area contributed by atoms with Gasteiger partial charge in [0.2, 0.25) is 11.8 Å². The fraction of sp³-hybridized carbons (Fsp3) is 0.316. The van der Waals surface area contributed by atoms with Crippen LogP contribution in [0.1, 0.15) is 17.3 Å². The van der Waals surface area contributed by atoms with Crippen LogP contribution in [0.15, 0.2) is 29.6 Å². The molecule has 2 N–H and O–H groups in total. The van der Waals surface area contributed by atoms with Crippen molar-refractivity contribution < 1.29 is 19.1 Å². The smallest absolute Gasteiger partial charge is 0.341 e. The summed E-state index contributed by atoms with van der Waals surface area (Å²) in [7, 11) is 0. The number of nitrogens with one attached hydrogen (secondary N) is 2. The molecule has 0 saturated carbocycles. The summed E-state index contributed by atoms with van der Waals surface area (Å²) in [5.74, 6) is -0.890. The minimum atomic E-state index is -0.499. The van der Waals surface area contributed by atoms with Gasteiger partial charge >= 0.3 is 5.97 Å². The van der Waals surface area contributed by atoms with Crippen molar-refractivity contribution in [1.82, 2.24) is 10.2 Å². The first-order valence-electron chi connectivity index (χ1n) is 8.81. The molecular formula is C19H20ClN3O4S. The Morgan fingerprint density at radius 2 is 2.07 bits per heavy atom. The first-order chi connectivity index (χ1) is 13.5. The molecule has 0 radical (unpaired) electrons. The van der Waals surface area contributed by atoms with Crippen LogP contribution in [0, 0.1) is 0 Å². The molecule has 1 aliphatic rings. The second kappa shape index (κ2) is 9.18. The van der Waals surface area contributed by atoms with Gasteiger partial charge in [-0.3, -0.25) is 14.5 Å². The van der Waals surface area contributed by atoms with E-state index in [1.807, 2.05) is 12.1 Å². The van der Waals surface area contributed by atoms with Crippen molar-refractivity contribution >= 4 is 45.7 Å². The molecule has 0 aliphatic carbocycles. The Morgan fingerprint density at radius 1 is 1.32 bits per heavy atom. The zero-order valence-corrected chi connectivity index (χ0v) is 16.9. The van der Waals surface area contributed by atoms with Crippen molar-refractivity contribution in [3.8, 4) is 11.1 Å². The van der Waals surface area contributed by atoms with Crippen LogP contribution in [0.4, 0.5) is 5.00 Å². The van der Waals surface area contributed by atoms with Gasteiger partial charge in [-0.2, -0.15) is 0 Å². The molecule has 7 nitrogen and oxygen atoms in total. The van der Waals surface area contributed by atoms with Gasteiger partial charge in [0, 0.05) is 29.1 Å². The number of ether oxygens (including phenoxy) is 1. The highest BCUT2D eigenvalue weighted by atomic mass is 35.5. The molecule has 0 spiro atoms. The monoisotopic (exact) mass is 421 g/mol. The quantitative estimate of drug-likeness (QED) is 0.700. The molecule has 0 atom stereocenters. The topological polar surface area (TPSA) is 87.7 Å². The summed E-state index contributed by atoms with van der Waals surface area (Å²) in [4.78, 5) is 38.2. The maximum atomic E-state index is 12.5. The largest absolute Gasteiger partial charge is 0.462 e. The van der Waals surface area contributed by atoms with Crippen molar-refractivity contribution in [2.75, 3.05) is 38.1 Å². The van der Waals surface area contributed by atoms with Gasteiger partial charge in [-0.05, 0) is 24.6 Å². The van der Waals surface area contributed by atoms with Crippen LogP contribution in [-0.2, 0) is 14.3 Å². The number of thiophene rings is 1. The molecule has 2 aromatic rings. The molecule has 1 aromatic heterocycles. The van der Waals surface area contributed by atoms with E-state index in [1.165, 1.54) is 11.3 Å². The molecule has 148 valence electrons. The van der Waals surface area contributed by atoms with Crippen LogP contribution in [0.3, 0.4) is 0 Å². The summed E-state index contributed by atoms with van der Waals surface area (Å²) in [6.07, 6.45) is 0. The van der Waals surface area contributed by atoms with E-state index in [-0.39, 0.29) is 31.5 Å². The lowest BCUT2D eigenvalue weighted by Crippen LogP contribution is -2.49. The van der Waals surface area contributed by atoms with E-state index >= 15 is 0 Å². The highest BCUT2D eigenvalue weighted by molar-refractivity contribution is 7.15. The minimum Gasteiger partial charge on any atom is -0.462 e. The minimum absolute atomic E-state index is 0.0733. The molecule has 9 heteroatoms. The lowest BCUT2D eigenvalue weighted by molar-refractivity contribution is -0.125. The Balaban J connectivity index is 1.81. The Bertz CT molecular complexity index is 882. The second-order valence-corrected chi connectivity index (χ2v) is 7.51. The summed E-state index contributed by atoms with van der Waals surface area (Å²) >= 11 is 7.21. The maximum absolute atomic E-state index is 12.5. The molecule has 0 bridgehead atoms. The number of carbonyl (C=O) groups excluding carboxylic acids is 3. The van der Waals surface area contributed by atoms with E-state index in [4.69, 9.17) is 16.3 Å². The van der Waals surface area contributed by atoms with E-state index in [9.17, 15) is 14.4 Å². The van der Waals surface area contributed by atoms with Gasteiger partial charge in [-0.1, -0.05) is 23.7 Å². The molecular weight excluding hydrogens is 402 g/mol. The van der Waals surface area contributed by atoms with Crippen LogP contribution in [0.25, 0.3) is 11.1 Å². The number of benzene rings is 1. The number of anilines is 1. The van der Waals surface area contributed by atoms with Crippen LogP contribution in [0.2, 0.25) is 5.02 Å². The average molecular weight is 422 g/mol. The number of rotatable bonds is 6. The molecule has 3 rings (SSSR count). The summed E-state index contributed by atoms with van der Waals surface area (Å²) < 4.78 is 5.19. The summed E-state index contributed by atoms with van der Waals surface area (Å²) in [5, 5.41) is 8.33. The SMILES string of the molecule is CCOC(=O)c1c(-c2ccc(Cl)cc2)csc1NC(=O)CN1CCNC(=O)C1. The summed E-state index contributed by atoms with van der Waals surface area (Å²) in [6.45, 7) is 3.32. The number of nitrogens with zero attached hydrogens (tertiary/aromatic N) is 1. The van der Waals surface area contributed by atoms with E-state index in [1.54, 1.807) is 29.3 Å². The highest BCUT2D eigenvalue weighted by Gasteiger charge is 2.24. The van der Waals surface area contributed by atoms with Gasteiger partial charge in [0.05, 0.1) is 19.7 Å². The second-order valence-electron chi connectivity index (χ2n) is 6.19. The molecule has 2 heterocycles. The van der Waals surface area contributed by atoms with Crippen LogP contribution < -0.4 is 10.6 Å². The number of carbonyl (C=O) groups is 3. The lowest BCUT2D eigenvalue weighted by atomic mass is 10.0. The summed E-state index contributed by atoms with van der Waals surface area (Å²) in [5.41, 5.74) is 1.79. The van der Waals surface area contributed by atoms with Gasteiger partial charge < -0.3 is 15.4 Å². The average Bonchev–Trinajstić information content (AvgIpc) is 3.06. The normalized spacial score (nSPS) is 14.4. The number of esters is 1. The van der Waals surface area contributed by atoms with E-state index in [0.29, 0.717) is 34.2 Å². The molecule has 28 heavy (non-hydrogen) atoms. The maximum Gasteiger partial charge on any atom is 0.341 e. The van der Waals surface area contributed by atoms with Crippen molar-refractivity contribution in [1.29, 1.82) is 0 Å². The summed E-state index contributed by atoms with van der Waals surface area (Å²) in [6, 6.07) is 7.10. The molecule has 1 fully saturated rings. The predicted octanol–water partition coefficient (Wildman–Crippen LogP) is 2.62. The number of piperazine rings is 1. The van der Waals surface area contributed by atoms with Crippen LogP contribution in [0.5, 0.6) is 0 Å².